The van der Waals surface area contributed by atoms with Gasteiger partial charge < -0.3 is 24.9 Å². The molecule has 0 atom stereocenters. The smallest absolute Gasteiger partial charge is 0.258 e. The molecule has 6 rings (SSSR count). The molecule has 0 spiro atoms. The largest absolute Gasteiger partial charge is 0.378 e. The van der Waals surface area contributed by atoms with Crippen molar-refractivity contribution in [2.24, 2.45) is 11.7 Å². The van der Waals surface area contributed by atoms with Crippen LogP contribution in [-0.2, 0) is 16.1 Å². The highest BCUT2D eigenvalue weighted by Crippen LogP contribution is 2.31. The average Bonchev–Trinajstić information content (AvgIpc) is 3.56. The molecule has 2 aliphatic heterocycles. The van der Waals surface area contributed by atoms with Crippen molar-refractivity contribution in [3.63, 3.8) is 0 Å². The zero-order valence-corrected chi connectivity index (χ0v) is 20.8. The minimum Gasteiger partial charge on any atom is -0.378 e. The number of hydrogen-bond acceptors (Lipinski definition) is 9. The van der Waals surface area contributed by atoms with Crippen molar-refractivity contribution in [2.45, 2.75) is 26.3 Å². The molecule has 11 nitrogen and oxygen atoms in total. The average molecular weight is 503 g/mol. The van der Waals surface area contributed by atoms with Gasteiger partial charge in [-0.05, 0) is 51.1 Å². The minimum absolute atomic E-state index is 0.0382. The van der Waals surface area contributed by atoms with E-state index in [0.717, 1.165) is 67.2 Å². The number of ether oxygens (including phenoxy) is 1. The first-order valence-electron chi connectivity index (χ1n) is 12.7. The van der Waals surface area contributed by atoms with E-state index in [2.05, 4.69) is 24.9 Å². The fourth-order valence-corrected chi connectivity index (χ4v) is 5.07. The van der Waals surface area contributed by atoms with Gasteiger partial charge in [-0.2, -0.15) is 4.98 Å². The first-order valence-corrected chi connectivity index (χ1v) is 12.7. The Balaban J connectivity index is 1.32. The molecule has 0 aliphatic carbocycles. The fraction of sp³-hybridized carbons (Fsp3) is 0.423. The second kappa shape index (κ2) is 9.91. The van der Waals surface area contributed by atoms with Gasteiger partial charge in [0.05, 0.1) is 25.4 Å². The lowest BCUT2D eigenvalue weighted by Gasteiger charge is -2.29. The number of aryl methyl sites for hydroxylation is 1. The summed E-state index contributed by atoms with van der Waals surface area (Å²) in [6, 6.07) is 9.96. The number of amides is 1. The van der Waals surface area contributed by atoms with Crippen LogP contribution in [0.1, 0.15) is 24.2 Å². The quantitative estimate of drug-likeness (QED) is 0.407. The topological polar surface area (TPSA) is 139 Å². The van der Waals surface area contributed by atoms with Crippen LogP contribution < -0.4 is 10.6 Å². The van der Waals surface area contributed by atoms with E-state index in [4.69, 9.17) is 25.0 Å². The third-order valence-electron chi connectivity index (χ3n) is 7.12. The first kappa shape index (κ1) is 23.6. The van der Waals surface area contributed by atoms with Crippen molar-refractivity contribution in [1.29, 1.82) is 0 Å². The molecule has 3 N–H and O–H groups in total. The number of H-pyrrole nitrogens is 1. The number of hydrogen-bond donors (Lipinski definition) is 2. The highest BCUT2D eigenvalue weighted by atomic mass is 16.5. The summed E-state index contributed by atoms with van der Waals surface area (Å²) >= 11 is 0. The van der Waals surface area contributed by atoms with Crippen LogP contribution >= 0.6 is 0 Å². The van der Waals surface area contributed by atoms with Gasteiger partial charge in [-0.1, -0.05) is 22.9 Å². The summed E-state index contributed by atoms with van der Waals surface area (Å²) in [6.07, 6.45) is 1.55. The number of anilines is 1. The molecular weight excluding hydrogens is 472 g/mol. The number of aromatic amines is 1. The second-order valence-corrected chi connectivity index (χ2v) is 9.75. The summed E-state index contributed by atoms with van der Waals surface area (Å²) < 4.78 is 11.2. The van der Waals surface area contributed by atoms with Crippen LogP contribution in [0, 0.1) is 12.8 Å². The lowest BCUT2D eigenvalue weighted by molar-refractivity contribution is -0.123. The summed E-state index contributed by atoms with van der Waals surface area (Å²) in [6.45, 7) is 7.17. The van der Waals surface area contributed by atoms with Gasteiger partial charge in [0.25, 0.3) is 5.89 Å². The molecule has 1 aromatic carbocycles. The number of nitrogens with two attached hydrogens (primary N) is 1. The number of morpholine rings is 1. The molecule has 11 heteroatoms. The van der Waals surface area contributed by atoms with Crippen molar-refractivity contribution < 1.29 is 14.1 Å². The minimum atomic E-state index is -0.206. The molecule has 0 unspecified atom stereocenters. The number of fused-ring (bicyclic) bond motifs is 1. The number of nitrogens with one attached hydrogen (secondary N) is 1. The van der Waals surface area contributed by atoms with Gasteiger partial charge in [0.2, 0.25) is 11.7 Å². The molecule has 192 valence electrons. The Kier molecular flexibility index (Phi) is 6.31. The van der Waals surface area contributed by atoms with E-state index in [-0.39, 0.29) is 11.8 Å². The van der Waals surface area contributed by atoms with Gasteiger partial charge in [-0.15, -0.1) is 0 Å². The third-order valence-corrected chi connectivity index (χ3v) is 7.12. The monoisotopic (exact) mass is 502 g/mol. The number of primary amides is 1. The SMILES string of the molecule is Cc1cccc(-c2nc(-c3cc(N4CCOCC4)c4[nH]c(CN5CCC(C(N)=O)CC5)nc4n3)no2)c1. The Morgan fingerprint density at radius 1 is 1.11 bits per heavy atom. The van der Waals surface area contributed by atoms with E-state index in [1.807, 2.05) is 37.3 Å². The van der Waals surface area contributed by atoms with Crippen LogP contribution in [0.3, 0.4) is 0 Å². The number of likely N-dealkylation sites (tertiary alicyclic amines) is 1. The van der Waals surface area contributed by atoms with E-state index in [9.17, 15) is 4.79 Å². The van der Waals surface area contributed by atoms with Gasteiger partial charge >= 0.3 is 0 Å². The van der Waals surface area contributed by atoms with Crippen LogP contribution in [0.15, 0.2) is 34.9 Å². The van der Waals surface area contributed by atoms with Gasteiger partial charge in [-0.3, -0.25) is 9.69 Å². The molecule has 4 aromatic rings. The van der Waals surface area contributed by atoms with Crippen LogP contribution in [0.4, 0.5) is 5.69 Å². The van der Waals surface area contributed by atoms with Crippen molar-refractivity contribution >= 4 is 22.8 Å². The highest BCUT2D eigenvalue weighted by Gasteiger charge is 2.25. The molecule has 2 aliphatic rings. The van der Waals surface area contributed by atoms with Crippen molar-refractivity contribution in [3.8, 4) is 23.0 Å². The number of rotatable bonds is 6. The Morgan fingerprint density at radius 3 is 2.68 bits per heavy atom. The number of imidazole rings is 1. The summed E-state index contributed by atoms with van der Waals surface area (Å²) in [7, 11) is 0. The molecule has 0 radical (unpaired) electrons. The van der Waals surface area contributed by atoms with E-state index in [1.54, 1.807) is 0 Å². The van der Waals surface area contributed by atoms with Gasteiger partial charge in [0.15, 0.2) is 5.65 Å². The molecule has 1 amide bonds. The van der Waals surface area contributed by atoms with Crippen molar-refractivity contribution in [2.75, 3.05) is 44.3 Å². The van der Waals surface area contributed by atoms with Gasteiger partial charge in [0, 0.05) is 24.6 Å². The number of aromatic nitrogens is 5. The maximum absolute atomic E-state index is 11.5. The molecule has 5 heterocycles. The normalized spacial score (nSPS) is 17.5. The Hall–Kier alpha value is -3.83. The van der Waals surface area contributed by atoms with Crippen LogP contribution in [0.25, 0.3) is 34.1 Å². The summed E-state index contributed by atoms with van der Waals surface area (Å²) in [4.78, 5) is 33.9. The molecule has 3 aromatic heterocycles. The lowest BCUT2D eigenvalue weighted by atomic mass is 9.96. The van der Waals surface area contributed by atoms with E-state index in [0.29, 0.717) is 42.8 Å². The van der Waals surface area contributed by atoms with Crippen LogP contribution in [0.5, 0.6) is 0 Å². The third kappa shape index (κ3) is 4.92. The van der Waals surface area contributed by atoms with Gasteiger partial charge in [-0.25, -0.2) is 9.97 Å². The lowest BCUT2D eigenvalue weighted by Crippen LogP contribution is -2.38. The summed E-state index contributed by atoms with van der Waals surface area (Å²) in [5, 5.41) is 4.23. The Morgan fingerprint density at radius 2 is 1.92 bits per heavy atom. The Bertz CT molecular complexity index is 1420. The molecule has 2 fully saturated rings. The van der Waals surface area contributed by atoms with Crippen molar-refractivity contribution in [1.82, 2.24) is 30.0 Å². The Labute approximate surface area is 214 Å². The van der Waals surface area contributed by atoms with E-state index < -0.39 is 0 Å². The second-order valence-electron chi connectivity index (χ2n) is 9.75. The maximum atomic E-state index is 11.5. The van der Waals surface area contributed by atoms with Crippen LogP contribution in [0.2, 0.25) is 0 Å². The molecule has 37 heavy (non-hydrogen) atoms. The molecule has 0 saturated carbocycles. The van der Waals surface area contributed by atoms with Gasteiger partial charge in [0.1, 0.15) is 17.0 Å². The number of piperidine rings is 1. The number of nitrogens with zero attached hydrogens (tertiary/aromatic N) is 6. The molecular formula is C26H30N8O3. The summed E-state index contributed by atoms with van der Waals surface area (Å²) in [5.74, 6) is 1.47. The number of carbonyl (C=O) groups is 1. The van der Waals surface area contributed by atoms with Crippen LogP contribution in [-0.4, -0.2) is 75.3 Å². The number of benzene rings is 1. The predicted molar refractivity (Wildman–Crippen MR) is 138 cm³/mol. The van der Waals surface area contributed by atoms with Crippen molar-refractivity contribution in [3.05, 3.63) is 41.7 Å². The summed E-state index contributed by atoms with van der Waals surface area (Å²) in [5.41, 5.74) is 10.6. The number of pyridine rings is 1. The standard InChI is InChI=1S/C26H30N8O3/c1-16-3-2-4-18(13-16)26-31-24(32-37-26)19-14-20(34-9-11-36-12-10-34)22-25(28-19)30-21(29-22)15-33-7-5-17(6-8-33)23(27)35/h2-4,13-14,17H,5-12,15H2,1H3,(H2,27,35)(H,28,29,30). The zero-order chi connectivity index (χ0) is 25.4. The zero-order valence-electron chi connectivity index (χ0n) is 20.8. The first-order chi connectivity index (χ1) is 18.0. The predicted octanol–water partition coefficient (Wildman–Crippen LogP) is 2.52. The maximum Gasteiger partial charge on any atom is 0.258 e. The van der Waals surface area contributed by atoms with E-state index >= 15 is 0 Å². The molecule has 0 bridgehead atoms. The van der Waals surface area contributed by atoms with E-state index in [1.165, 1.54) is 0 Å². The number of carbonyl (C=O) groups excluding carboxylic acids is 1. The fourth-order valence-electron chi connectivity index (χ4n) is 5.07. The highest BCUT2D eigenvalue weighted by molar-refractivity contribution is 5.89. The molecule has 2 saturated heterocycles.